The second-order valence-electron chi connectivity index (χ2n) is 6.59. The second-order valence-corrected chi connectivity index (χ2v) is 8.37. The third-order valence-corrected chi connectivity index (χ3v) is 5.40. The summed E-state index contributed by atoms with van der Waals surface area (Å²) >= 11 is 0. The summed E-state index contributed by atoms with van der Waals surface area (Å²) in [5, 5.41) is 0. The van der Waals surface area contributed by atoms with E-state index in [1.165, 1.54) is 6.26 Å². The summed E-state index contributed by atoms with van der Waals surface area (Å²) in [4.78, 5) is 14.4. The highest BCUT2D eigenvalue weighted by atomic mass is 32.2. The summed E-state index contributed by atoms with van der Waals surface area (Å²) in [6.45, 7) is 2.69. The summed E-state index contributed by atoms with van der Waals surface area (Å²) in [7, 11) is -3.17. The third-order valence-electron chi connectivity index (χ3n) is 4.67. The van der Waals surface area contributed by atoms with Crippen molar-refractivity contribution >= 4 is 15.9 Å². The largest absolute Gasteiger partial charge is 0.339 e. The quantitative estimate of drug-likeness (QED) is 0.902. The Morgan fingerprint density at radius 3 is 2.73 bits per heavy atom. The standard InChI is InChI=1S/C16H22N2O3S/c1-11-4-3-5-12(6-11)7-16(19)18-10-13-8-14(18)9-15(13)17-22(2,20)21/h3-6,13-15,17H,7-10H2,1-2H3/t13-,14-,15-/m0/s1. The van der Waals surface area contributed by atoms with Crippen LogP contribution in [-0.2, 0) is 21.2 Å². The number of carbonyl (C=O) groups excluding carboxylic acids is 1. The molecule has 2 aliphatic rings. The summed E-state index contributed by atoms with van der Waals surface area (Å²) in [5.74, 6) is 0.400. The first-order valence-electron chi connectivity index (χ1n) is 7.64. The maximum absolute atomic E-state index is 12.5. The Labute approximate surface area is 131 Å². The fourth-order valence-electron chi connectivity index (χ4n) is 3.78. The van der Waals surface area contributed by atoms with Crippen molar-refractivity contribution in [2.24, 2.45) is 5.92 Å². The van der Waals surface area contributed by atoms with Crippen LogP contribution in [0.3, 0.4) is 0 Å². The zero-order valence-electron chi connectivity index (χ0n) is 13.0. The van der Waals surface area contributed by atoms with E-state index >= 15 is 0 Å². The Morgan fingerprint density at radius 1 is 1.36 bits per heavy atom. The number of amides is 1. The second kappa shape index (κ2) is 5.66. The van der Waals surface area contributed by atoms with Gasteiger partial charge in [0.05, 0.1) is 12.7 Å². The summed E-state index contributed by atoms with van der Waals surface area (Å²) in [5.41, 5.74) is 2.20. The Bertz CT molecular complexity index is 686. The van der Waals surface area contributed by atoms with Crippen molar-refractivity contribution in [2.75, 3.05) is 12.8 Å². The van der Waals surface area contributed by atoms with Gasteiger partial charge in [-0.15, -0.1) is 0 Å². The first-order chi connectivity index (χ1) is 10.3. The minimum absolute atomic E-state index is 0.0111. The molecule has 5 nitrogen and oxygen atoms in total. The predicted molar refractivity (Wildman–Crippen MR) is 84.9 cm³/mol. The number of hydrogen-bond donors (Lipinski definition) is 1. The number of carbonyl (C=O) groups is 1. The highest BCUT2D eigenvalue weighted by Crippen LogP contribution is 2.38. The Morgan fingerprint density at radius 2 is 2.14 bits per heavy atom. The van der Waals surface area contributed by atoms with Gasteiger partial charge in [-0.1, -0.05) is 29.8 Å². The third kappa shape index (κ3) is 3.33. The van der Waals surface area contributed by atoms with Crippen LogP contribution in [0.1, 0.15) is 24.0 Å². The fraction of sp³-hybridized carbons (Fsp3) is 0.562. The topological polar surface area (TPSA) is 66.5 Å². The van der Waals surface area contributed by atoms with Crippen molar-refractivity contribution in [3.05, 3.63) is 35.4 Å². The number of sulfonamides is 1. The highest BCUT2D eigenvalue weighted by molar-refractivity contribution is 7.88. The number of aryl methyl sites for hydroxylation is 1. The molecule has 120 valence electrons. The molecule has 1 aromatic rings. The minimum Gasteiger partial charge on any atom is -0.339 e. The monoisotopic (exact) mass is 322 g/mol. The number of nitrogens with one attached hydrogen (secondary N) is 1. The highest BCUT2D eigenvalue weighted by Gasteiger charge is 2.46. The van der Waals surface area contributed by atoms with Crippen molar-refractivity contribution in [1.82, 2.24) is 9.62 Å². The van der Waals surface area contributed by atoms with Crippen LogP contribution in [0, 0.1) is 12.8 Å². The summed E-state index contributed by atoms with van der Waals surface area (Å²) in [6, 6.07) is 8.19. The van der Waals surface area contributed by atoms with Gasteiger partial charge in [0.1, 0.15) is 0 Å². The van der Waals surface area contributed by atoms with E-state index < -0.39 is 10.0 Å². The van der Waals surface area contributed by atoms with Crippen LogP contribution in [0.2, 0.25) is 0 Å². The zero-order chi connectivity index (χ0) is 15.9. The molecule has 1 aliphatic carbocycles. The average Bonchev–Trinajstić information content (AvgIpc) is 2.96. The molecule has 1 amide bonds. The molecule has 6 heteroatoms. The number of piperidine rings is 1. The molecular weight excluding hydrogens is 300 g/mol. The molecule has 0 radical (unpaired) electrons. The van der Waals surface area contributed by atoms with E-state index in [1.54, 1.807) is 0 Å². The van der Waals surface area contributed by atoms with Gasteiger partial charge in [-0.25, -0.2) is 13.1 Å². The number of nitrogens with zero attached hydrogens (tertiary/aromatic N) is 1. The maximum atomic E-state index is 12.5. The van der Waals surface area contributed by atoms with Gasteiger partial charge in [-0.2, -0.15) is 0 Å². The zero-order valence-corrected chi connectivity index (χ0v) is 13.8. The number of likely N-dealkylation sites (tertiary alicyclic amines) is 1. The average molecular weight is 322 g/mol. The van der Waals surface area contributed by atoms with Crippen LogP contribution in [0.4, 0.5) is 0 Å². The SMILES string of the molecule is Cc1cccc(CC(=O)N2C[C@@H]3C[C@H]2C[C@@H]3NS(C)(=O)=O)c1. The van der Waals surface area contributed by atoms with Gasteiger partial charge in [-0.3, -0.25) is 4.79 Å². The van der Waals surface area contributed by atoms with Gasteiger partial charge in [-0.05, 0) is 31.2 Å². The van der Waals surface area contributed by atoms with Crippen molar-refractivity contribution in [3.63, 3.8) is 0 Å². The van der Waals surface area contributed by atoms with Crippen molar-refractivity contribution in [3.8, 4) is 0 Å². The van der Waals surface area contributed by atoms with E-state index in [0.29, 0.717) is 13.0 Å². The van der Waals surface area contributed by atoms with Gasteiger partial charge in [0.15, 0.2) is 0 Å². The van der Waals surface area contributed by atoms with Crippen molar-refractivity contribution in [2.45, 2.75) is 38.3 Å². The van der Waals surface area contributed by atoms with Crippen LogP contribution < -0.4 is 4.72 Å². The molecule has 3 rings (SSSR count). The lowest BCUT2D eigenvalue weighted by Crippen LogP contribution is -2.47. The molecule has 0 unspecified atom stereocenters. The molecule has 0 aromatic heterocycles. The van der Waals surface area contributed by atoms with Crippen LogP contribution in [0.25, 0.3) is 0 Å². The van der Waals surface area contributed by atoms with E-state index in [1.807, 2.05) is 36.1 Å². The van der Waals surface area contributed by atoms with Crippen molar-refractivity contribution < 1.29 is 13.2 Å². The molecule has 0 spiro atoms. The van der Waals surface area contributed by atoms with Crippen LogP contribution in [-0.4, -0.2) is 44.1 Å². The molecule has 2 fully saturated rings. The molecule has 1 saturated carbocycles. The van der Waals surface area contributed by atoms with E-state index in [4.69, 9.17) is 0 Å². The lowest BCUT2D eigenvalue weighted by molar-refractivity contribution is -0.132. The molecule has 3 atom stereocenters. The van der Waals surface area contributed by atoms with Crippen LogP contribution >= 0.6 is 0 Å². The smallest absolute Gasteiger partial charge is 0.227 e. The van der Waals surface area contributed by atoms with Gasteiger partial charge in [0.25, 0.3) is 0 Å². The molecule has 1 aliphatic heterocycles. The number of hydrogen-bond acceptors (Lipinski definition) is 3. The number of benzene rings is 1. The lowest BCUT2D eigenvalue weighted by atomic mass is 10.0. The normalized spacial score (nSPS) is 27.4. The van der Waals surface area contributed by atoms with Gasteiger partial charge < -0.3 is 4.90 Å². The van der Waals surface area contributed by atoms with Gasteiger partial charge in [0, 0.05) is 18.6 Å². The lowest BCUT2D eigenvalue weighted by Gasteiger charge is -2.31. The molecular formula is C16H22N2O3S. The van der Waals surface area contributed by atoms with E-state index in [0.717, 1.165) is 24.0 Å². The first kappa shape index (κ1) is 15.5. The maximum Gasteiger partial charge on any atom is 0.227 e. The Balaban J connectivity index is 1.61. The molecule has 2 bridgehead atoms. The van der Waals surface area contributed by atoms with Crippen LogP contribution in [0.5, 0.6) is 0 Å². The Hall–Kier alpha value is -1.40. The number of rotatable bonds is 4. The van der Waals surface area contributed by atoms with E-state index in [-0.39, 0.29) is 23.9 Å². The van der Waals surface area contributed by atoms with E-state index in [2.05, 4.69) is 4.72 Å². The van der Waals surface area contributed by atoms with Gasteiger partial charge in [0.2, 0.25) is 15.9 Å². The molecule has 22 heavy (non-hydrogen) atoms. The van der Waals surface area contributed by atoms with E-state index in [9.17, 15) is 13.2 Å². The van der Waals surface area contributed by atoms with Crippen LogP contribution in [0.15, 0.2) is 24.3 Å². The minimum atomic E-state index is -3.17. The first-order valence-corrected chi connectivity index (χ1v) is 9.53. The molecule has 1 heterocycles. The Kier molecular flexibility index (Phi) is 3.99. The molecule has 1 aromatic carbocycles. The summed E-state index contributed by atoms with van der Waals surface area (Å²) in [6.07, 6.45) is 3.26. The van der Waals surface area contributed by atoms with Gasteiger partial charge >= 0.3 is 0 Å². The predicted octanol–water partition coefficient (Wildman–Crippen LogP) is 1.08. The molecule has 1 N–H and O–H groups in total. The number of fused-ring (bicyclic) bond motifs is 2. The molecule has 1 saturated heterocycles. The summed E-state index contributed by atoms with van der Waals surface area (Å²) < 4.78 is 25.4. The van der Waals surface area contributed by atoms with Crippen molar-refractivity contribution in [1.29, 1.82) is 0 Å². The fourth-order valence-corrected chi connectivity index (χ4v) is 4.62.